The van der Waals surface area contributed by atoms with Crippen molar-refractivity contribution in [1.82, 2.24) is 0 Å². The van der Waals surface area contributed by atoms with Crippen LogP contribution in [0.1, 0.15) is 22.4 Å². The van der Waals surface area contributed by atoms with E-state index >= 15 is 0 Å². The van der Waals surface area contributed by atoms with Crippen LogP contribution in [0.5, 0.6) is 0 Å². The standard InChI is InChI=1S/C38H26S/c1-3-13-25(14-4-1)27-21-11-22-32-33-23-12-24-34(38(33)39-37(27)32)36-30-19-9-7-17-28(30)35(26-15-5-2-6-16-26)29-18-8-10-20-31(29)36/h1-11,13-22,24H,12,23H2. The molecule has 0 aliphatic heterocycles. The molecular weight excluding hydrogens is 488 g/mol. The summed E-state index contributed by atoms with van der Waals surface area (Å²) in [5.41, 5.74) is 9.48. The lowest BCUT2D eigenvalue weighted by molar-refractivity contribution is 0.999. The summed E-state index contributed by atoms with van der Waals surface area (Å²) in [6, 6.07) is 46.5. The van der Waals surface area contributed by atoms with Crippen LogP contribution in [0.25, 0.3) is 59.5 Å². The predicted molar refractivity (Wildman–Crippen MR) is 170 cm³/mol. The lowest BCUT2D eigenvalue weighted by atomic mass is 9.83. The van der Waals surface area contributed by atoms with Gasteiger partial charge in [-0.2, -0.15) is 0 Å². The SMILES string of the molecule is C1=C(c2c3ccccc3c(-c3ccccc3)c3ccccc23)c2sc3c(-c4ccccc4)cccc3c2CC1. The molecule has 0 radical (unpaired) electrons. The molecule has 0 fully saturated rings. The molecule has 0 N–H and O–H groups in total. The Morgan fingerprint density at radius 1 is 0.462 bits per heavy atom. The van der Waals surface area contributed by atoms with Crippen molar-refractivity contribution < 1.29 is 0 Å². The third-order valence-electron chi connectivity index (χ3n) is 8.15. The Labute approximate surface area is 232 Å². The second-order valence-electron chi connectivity index (χ2n) is 10.3. The molecule has 184 valence electrons. The molecule has 0 saturated heterocycles. The number of aryl methyl sites for hydroxylation is 1. The molecule has 0 spiro atoms. The number of hydrogen-bond acceptors (Lipinski definition) is 1. The van der Waals surface area contributed by atoms with Crippen molar-refractivity contribution in [3.05, 3.63) is 149 Å². The maximum Gasteiger partial charge on any atom is 0.0430 e. The Balaban J connectivity index is 1.44. The number of thiophene rings is 1. The number of rotatable bonds is 3. The molecule has 8 rings (SSSR count). The van der Waals surface area contributed by atoms with Crippen molar-refractivity contribution in [2.24, 2.45) is 0 Å². The summed E-state index contributed by atoms with van der Waals surface area (Å²) in [4.78, 5) is 1.43. The first kappa shape index (κ1) is 22.5. The Hall–Kier alpha value is -4.46. The smallest absolute Gasteiger partial charge is 0.0430 e. The van der Waals surface area contributed by atoms with Crippen LogP contribution in [0.15, 0.2) is 133 Å². The summed E-state index contributed by atoms with van der Waals surface area (Å²) in [5, 5.41) is 6.70. The monoisotopic (exact) mass is 514 g/mol. The minimum atomic E-state index is 1.06. The van der Waals surface area contributed by atoms with Gasteiger partial charge in [-0.3, -0.25) is 0 Å². The highest BCUT2D eigenvalue weighted by Crippen LogP contribution is 2.49. The second kappa shape index (κ2) is 9.08. The van der Waals surface area contributed by atoms with Crippen LogP contribution < -0.4 is 0 Å². The maximum atomic E-state index is 2.50. The van der Waals surface area contributed by atoms with Gasteiger partial charge in [-0.1, -0.05) is 133 Å². The van der Waals surface area contributed by atoms with E-state index < -0.39 is 0 Å². The summed E-state index contributed by atoms with van der Waals surface area (Å²) in [5.74, 6) is 0. The highest BCUT2D eigenvalue weighted by atomic mass is 32.1. The summed E-state index contributed by atoms with van der Waals surface area (Å²) in [6.07, 6.45) is 4.65. The summed E-state index contributed by atoms with van der Waals surface area (Å²) < 4.78 is 1.40. The van der Waals surface area contributed by atoms with Crippen LogP contribution in [0.2, 0.25) is 0 Å². The molecule has 0 amide bonds. The molecule has 6 aromatic carbocycles. The Morgan fingerprint density at radius 3 is 1.64 bits per heavy atom. The number of allylic oxidation sites excluding steroid dienone is 1. The molecule has 1 heterocycles. The molecule has 1 aliphatic carbocycles. The van der Waals surface area contributed by atoms with Crippen LogP contribution in [-0.2, 0) is 6.42 Å². The quantitative estimate of drug-likeness (QED) is 0.206. The third kappa shape index (κ3) is 3.51. The van der Waals surface area contributed by atoms with Gasteiger partial charge in [-0.05, 0) is 78.7 Å². The van der Waals surface area contributed by atoms with E-state index in [1.807, 2.05) is 11.3 Å². The molecule has 1 aromatic heterocycles. The summed E-state index contributed by atoms with van der Waals surface area (Å²) in [7, 11) is 0. The molecule has 0 bridgehead atoms. The minimum absolute atomic E-state index is 1.06. The Morgan fingerprint density at radius 2 is 1.00 bits per heavy atom. The van der Waals surface area contributed by atoms with Gasteiger partial charge in [-0.25, -0.2) is 0 Å². The predicted octanol–water partition coefficient (Wildman–Crippen LogP) is 10.9. The Kier molecular flexibility index (Phi) is 5.24. The lowest BCUT2D eigenvalue weighted by Crippen LogP contribution is -2.00. The summed E-state index contributed by atoms with van der Waals surface area (Å²) in [6.45, 7) is 0. The van der Waals surface area contributed by atoms with Crippen LogP contribution in [0, 0.1) is 0 Å². The van der Waals surface area contributed by atoms with Gasteiger partial charge in [0.2, 0.25) is 0 Å². The van der Waals surface area contributed by atoms with Gasteiger partial charge >= 0.3 is 0 Å². The largest absolute Gasteiger partial charge is 0.134 e. The maximum absolute atomic E-state index is 2.50. The average molecular weight is 515 g/mol. The zero-order valence-electron chi connectivity index (χ0n) is 21.5. The van der Waals surface area contributed by atoms with Gasteiger partial charge in [0, 0.05) is 9.58 Å². The molecule has 0 nitrogen and oxygen atoms in total. The first-order valence-corrected chi connectivity index (χ1v) is 14.5. The molecule has 0 atom stereocenters. The third-order valence-corrected chi connectivity index (χ3v) is 9.47. The van der Waals surface area contributed by atoms with E-state index in [2.05, 4.69) is 133 Å². The van der Waals surface area contributed by atoms with Gasteiger partial charge in [0.05, 0.1) is 0 Å². The fourth-order valence-corrected chi connectivity index (χ4v) is 7.92. The van der Waals surface area contributed by atoms with Gasteiger partial charge in [0.25, 0.3) is 0 Å². The van der Waals surface area contributed by atoms with Crippen molar-refractivity contribution >= 4 is 48.5 Å². The fraction of sp³-hybridized carbons (Fsp3) is 0.0526. The van der Waals surface area contributed by atoms with Crippen molar-refractivity contribution in [2.45, 2.75) is 12.8 Å². The van der Waals surface area contributed by atoms with E-state index in [0.29, 0.717) is 0 Å². The molecule has 7 aromatic rings. The van der Waals surface area contributed by atoms with Crippen molar-refractivity contribution in [3.8, 4) is 22.3 Å². The normalized spacial score (nSPS) is 13.1. The van der Waals surface area contributed by atoms with Gasteiger partial charge in [-0.15, -0.1) is 11.3 Å². The van der Waals surface area contributed by atoms with E-state index in [9.17, 15) is 0 Å². The Bertz CT molecular complexity index is 1990. The molecule has 0 saturated carbocycles. The van der Waals surface area contributed by atoms with Gasteiger partial charge in [0.15, 0.2) is 0 Å². The molecule has 39 heavy (non-hydrogen) atoms. The molecule has 1 aliphatic rings. The molecule has 1 heteroatoms. The second-order valence-corrected chi connectivity index (χ2v) is 11.3. The molecule has 0 unspecified atom stereocenters. The highest BCUT2D eigenvalue weighted by Gasteiger charge is 2.25. The van der Waals surface area contributed by atoms with Crippen LogP contribution in [0.3, 0.4) is 0 Å². The van der Waals surface area contributed by atoms with Crippen molar-refractivity contribution in [1.29, 1.82) is 0 Å². The fourth-order valence-electron chi connectivity index (χ4n) is 6.48. The zero-order chi connectivity index (χ0) is 25.8. The first-order valence-electron chi connectivity index (χ1n) is 13.7. The van der Waals surface area contributed by atoms with E-state index in [-0.39, 0.29) is 0 Å². The van der Waals surface area contributed by atoms with Crippen molar-refractivity contribution in [3.63, 3.8) is 0 Å². The average Bonchev–Trinajstić information content (AvgIpc) is 3.40. The number of fused-ring (bicyclic) bond motifs is 5. The van der Waals surface area contributed by atoms with Gasteiger partial charge < -0.3 is 0 Å². The van der Waals surface area contributed by atoms with Crippen LogP contribution >= 0.6 is 11.3 Å². The van der Waals surface area contributed by atoms with Crippen molar-refractivity contribution in [2.75, 3.05) is 0 Å². The number of benzene rings is 6. The number of hydrogen-bond donors (Lipinski definition) is 0. The minimum Gasteiger partial charge on any atom is -0.134 e. The van der Waals surface area contributed by atoms with Crippen LogP contribution in [0.4, 0.5) is 0 Å². The molecular formula is C38H26S. The van der Waals surface area contributed by atoms with E-state index in [4.69, 9.17) is 0 Å². The van der Waals surface area contributed by atoms with E-state index in [1.54, 1.807) is 0 Å². The topological polar surface area (TPSA) is 0 Å². The van der Waals surface area contributed by atoms with E-state index in [0.717, 1.165) is 12.8 Å². The van der Waals surface area contributed by atoms with Gasteiger partial charge in [0.1, 0.15) is 0 Å². The van der Waals surface area contributed by atoms with Crippen LogP contribution in [-0.4, -0.2) is 0 Å². The van der Waals surface area contributed by atoms with E-state index in [1.165, 1.54) is 75.5 Å². The highest BCUT2D eigenvalue weighted by molar-refractivity contribution is 7.21. The summed E-state index contributed by atoms with van der Waals surface area (Å²) >= 11 is 1.97. The first-order chi connectivity index (χ1) is 19.4. The lowest BCUT2D eigenvalue weighted by Gasteiger charge is -2.21. The zero-order valence-corrected chi connectivity index (χ0v) is 22.3.